The van der Waals surface area contributed by atoms with Gasteiger partial charge in [-0.2, -0.15) is 0 Å². The lowest BCUT2D eigenvalue weighted by atomic mass is 10.1. The van der Waals surface area contributed by atoms with Gasteiger partial charge in [0.25, 0.3) is 15.9 Å². The largest absolute Gasteiger partial charge is 0.478 e. The zero-order valence-electron chi connectivity index (χ0n) is 14.8. The maximum Gasteiger partial charge on any atom is 0.335 e. The monoisotopic (exact) mass is 474 g/mol. The van der Waals surface area contributed by atoms with Gasteiger partial charge in [0.05, 0.1) is 10.5 Å². The van der Waals surface area contributed by atoms with Crippen LogP contribution in [0.15, 0.2) is 82.2 Å². The predicted molar refractivity (Wildman–Crippen MR) is 113 cm³/mol. The summed E-state index contributed by atoms with van der Waals surface area (Å²) in [6, 6.07) is 18.2. The number of benzene rings is 3. The van der Waals surface area contributed by atoms with Gasteiger partial charge in [0, 0.05) is 21.4 Å². The highest BCUT2D eigenvalue weighted by molar-refractivity contribution is 9.10. The van der Waals surface area contributed by atoms with E-state index in [-0.39, 0.29) is 21.7 Å². The van der Waals surface area contributed by atoms with Crippen molar-refractivity contribution in [2.24, 2.45) is 0 Å². The molecule has 0 heterocycles. The molecule has 0 saturated carbocycles. The summed E-state index contributed by atoms with van der Waals surface area (Å²) in [4.78, 5) is 23.6. The second-order valence-corrected chi connectivity index (χ2v) is 8.59. The summed E-state index contributed by atoms with van der Waals surface area (Å²) in [5.74, 6) is -1.71. The van der Waals surface area contributed by atoms with Crippen LogP contribution in [0.1, 0.15) is 20.7 Å². The molecular formula is C20H15BrN2O5S. The van der Waals surface area contributed by atoms with E-state index in [2.05, 4.69) is 26.0 Å². The van der Waals surface area contributed by atoms with Crippen LogP contribution in [0.5, 0.6) is 0 Å². The van der Waals surface area contributed by atoms with E-state index < -0.39 is 21.9 Å². The molecule has 0 fully saturated rings. The first-order valence-corrected chi connectivity index (χ1v) is 10.6. The quantitative estimate of drug-likeness (QED) is 0.495. The van der Waals surface area contributed by atoms with Crippen molar-refractivity contribution in [3.8, 4) is 0 Å². The Morgan fingerprint density at radius 3 is 2.24 bits per heavy atom. The Bertz CT molecular complexity index is 1180. The smallest absolute Gasteiger partial charge is 0.335 e. The van der Waals surface area contributed by atoms with E-state index in [0.717, 1.165) is 0 Å². The normalized spacial score (nSPS) is 10.9. The third kappa shape index (κ3) is 5.21. The molecule has 0 aromatic heterocycles. The van der Waals surface area contributed by atoms with Gasteiger partial charge < -0.3 is 10.4 Å². The standard InChI is InChI=1S/C20H15BrN2O5S/c21-15-9-14(20(25)26)10-17(12-15)22-19(24)13-5-4-8-18(11-13)29(27,28)23-16-6-2-1-3-7-16/h1-12,23H,(H,22,24)(H,25,26). The zero-order chi connectivity index (χ0) is 21.0. The lowest BCUT2D eigenvalue weighted by Gasteiger charge is -2.10. The highest BCUT2D eigenvalue weighted by Crippen LogP contribution is 2.21. The number of halogens is 1. The molecule has 3 aromatic carbocycles. The SMILES string of the molecule is O=C(O)c1cc(Br)cc(NC(=O)c2cccc(S(=O)(=O)Nc3ccccc3)c2)c1. The summed E-state index contributed by atoms with van der Waals surface area (Å²) in [6.07, 6.45) is 0. The van der Waals surface area contributed by atoms with E-state index in [1.54, 1.807) is 36.4 Å². The molecule has 3 N–H and O–H groups in total. The van der Waals surface area contributed by atoms with Crippen molar-refractivity contribution in [3.05, 3.63) is 88.4 Å². The van der Waals surface area contributed by atoms with E-state index in [0.29, 0.717) is 10.2 Å². The van der Waals surface area contributed by atoms with Crippen LogP contribution in [-0.4, -0.2) is 25.4 Å². The molecule has 0 bridgehead atoms. The van der Waals surface area contributed by atoms with Gasteiger partial charge in [-0.05, 0) is 48.5 Å². The predicted octanol–water partition coefficient (Wildman–Crippen LogP) is 4.20. The number of carboxylic acids is 1. The Labute approximate surface area is 175 Å². The van der Waals surface area contributed by atoms with Gasteiger partial charge in [0.2, 0.25) is 0 Å². The van der Waals surface area contributed by atoms with Crippen LogP contribution in [0.2, 0.25) is 0 Å². The summed E-state index contributed by atoms with van der Waals surface area (Å²) in [6.45, 7) is 0. The molecule has 0 unspecified atom stereocenters. The number of amides is 1. The van der Waals surface area contributed by atoms with Crippen molar-refractivity contribution < 1.29 is 23.1 Å². The molecule has 7 nitrogen and oxygen atoms in total. The number of carbonyl (C=O) groups is 2. The Balaban J connectivity index is 1.84. The number of anilines is 2. The number of hydrogen-bond donors (Lipinski definition) is 3. The van der Waals surface area contributed by atoms with E-state index in [9.17, 15) is 18.0 Å². The van der Waals surface area contributed by atoms with E-state index in [1.165, 1.54) is 36.4 Å². The molecule has 0 radical (unpaired) electrons. The zero-order valence-corrected chi connectivity index (χ0v) is 17.2. The number of hydrogen-bond acceptors (Lipinski definition) is 4. The maximum atomic E-state index is 12.6. The molecule has 3 aromatic rings. The molecule has 148 valence electrons. The minimum Gasteiger partial charge on any atom is -0.478 e. The van der Waals surface area contributed by atoms with E-state index in [1.807, 2.05) is 0 Å². The third-order valence-corrected chi connectivity index (χ3v) is 5.67. The van der Waals surface area contributed by atoms with Crippen LogP contribution in [-0.2, 0) is 10.0 Å². The average Bonchev–Trinajstić information content (AvgIpc) is 2.68. The van der Waals surface area contributed by atoms with Gasteiger partial charge in [-0.1, -0.05) is 40.2 Å². The van der Waals surface area contributed by atoms with Crippen molar-refractivity contribution in [1.82, 2.24) is 0 Å². The Hall–Kier alpha value is -3.17. The van der Waals surface area contributed by atoms with Crippen LogP contribution >= 0.6 is 15.9 Å². The Morgan fingerprint density at radius 1 is 0.828 bits per heavy atom. The van der Waals surface area contributed by atoms with Crippen LogP contribution in [0.25, 0.3) is 0 Å². The van der Waals surface area contributed by atoms with Crippen LogP contribution < -0.4 is 10.0 Å². The van der Waals surface area contributed by atoms with Crippen molar-refractivity contribution in [1.29, 1.82) is 0 Å². The molecule has 0 saturated heterocycles. The van der Waals surface area contributed by atoms with Crippen molar-refractivity contribution in [2.45, 2.75) is 4.90 Å². The fourth-order valence-corrected chi connectivity index (χ4v) is 4.11. The van der Waals surface area contributed by atoms with Crippen molar-refractivity contribution in [2.75, 3.05) is 10.0 Å². The van der Waals surface area contributed by atoms with E-state index >= 15 is 0 Å². The minimum atomic E-state index is -3.88. The second-order valence-electron chi connectivity index (χ2n) is 5.99. The number of aromatic carboxylic acids is 1. The number of carbonyl (C=O) groups excluding carboxylic acids is 1. The molecule has 3 rings (SSSR count). The number of rotatable bonds is 6. The topological polar surface area (TPSA) is 113 Å². The molecule has 0 atom stereocenters. The number of para-hydroxylation sites is 1. The summed E-state index contributed by atoms with van der Waals surface area (Å²) < 4.78 is 28.1. The highest BCUT2D eigenvalue weighted by Gasteiger charge is 2.17. The van der Waals surface area contributed by atoms with Gasteiger partial charge in [-0.3, -0.25) is 9.52 Å². The Morgan fingerprint density at radius 2 is 1.55 bits per heavy atom. The van der Waals surface area contributed by atoms with Gasteiger partial charge in [-0.25, -0.2) is 13.2 Å². The second kappa shape index (κ2) is 8.46. The Kier molecular flexibility index (Phi) is 6.00. The lowest BCUT2D eigenvalue weighted by molar-refractivity contribution is 0.0696. The fourth-order valence-electron chi connectivity index (χ4n) is 2.51. The highest BCUT2D eigenvalue weighted by atomic mass is 79.9. The van der Waals surface area contributed by atoms with Crippen LogP contribution in [0.4, 0.5) is 11.4 Å². The first-order chi connectivity index (χ1) is 13.7. The van der Waals surface area contributed by atoms with E-state index in [4.69, 9.17) is 5.11 Å². The summed E-state index contributed by atoms with van der Waals surface area (Å²) >= 11 is 3.19. The number of carboxylic acid groups (broad SMARTS) is 1. The lowest BCUT2D eigenvalue weighted by Crippen LogP contribution is -2.16. The van der Waals surface area contributed by atoms with Crippen LogP contribution in [0, 0.1) is 0 Å². The summed E-state index contributed by atoms with van der Waals surface area (Å²) in [7, 11) is -3.88. The molecule has 1 amide bonds. The molecule has 0 aliphatic rings. The molecule has 29 heavy (non-hydrogen) atoms. The number of sulfonamides is 1. The number of nitrogens with one attached hydrogen (secondary N) is 2. The van der Waals surface area contributed by atoms with Gasteiger partial charge in [0.1, 0.15) is 0 Å². The molecule has 9 heteroatoms. The summed E-state index contributed by atoms with van der Waals surface area (Å²) in [5.41, 5.74) is 0.769. The molecule has 0 aliphatic carbocycles. The van der Waals surface area contributed by atoms with Crippen molar-refractivity contribution in [3.63, 3.8) is 0 Å². The van der Waals surface area contributed by atoms with Gasteiger partial charge in [-0.15, -0.1) is 0 Å². The molecule has 0 spiro atoms. The van der Waals surface area contributed by atoms with Gasteiger partial charge in [0.15, 0.2) is 0 Å². The molecule has 0 aliphatic heterocycles. The molecular weight excluding hydrogens is 460 g/mol. The van der Waals surface area contributed by atoms with Crippen LogP contribution in [0.3, 0.4) is 0 Å². The first kappa shape index (κ1) is 20.6. The average molecular weight is 475 g/mol. The first-order valence-electron chi connectivity index (χ1n) is 8.28. The van der Waals surface area contributed by atoms with Crippen molar-refractivity contribution >= 4 is 49.2 Å². The fraction of sp³-hybridized carbons (Fsp3) is 0. The minimum absolute atomic E-state index is 0.00179. The third-order valence-electron chi connectivity index (χ3n) is 3.84. The summed E-state index contributed by atoms with van der Waals surface area (Å²) in [5, 5.41) is 11.7. The maximum absolute atomic E-state index is 12.6. The van der Waals surface area contributed by atoms with Gasteiger partial charge >= 0.3 is 5.97 Å².